The minimum atomic E-state index is -4.03. The van der Waals surface area contributed by atoms with E-state index in [1.807, 2.05) is 53.7 Å². The molecule has 4 rings (SSSR count). The number of rotatable bonds is 5. The van der Waals surface area contributed by atoms with Gasteiger partial charge in [0, 0.05) is 29.8 Å². The lowest BCUT2D eigenvalue weighted by Crippen LogP contribution is -2.51. The fourth-order valence-corrected chi connectivity index (χ4v) is 5.70. The summed E-state index contributed by atoms with van der Waals surface area (Å²) in [6.45, 7) is 7.55. The van der Waals surface area contributed by atoms with Gasteiger partial charge in [-0.15, -0.1) is 0 Å². The van der Waals surface area contributed by atoms with Gasteiger partial charge in [0.25, 0.3) is 0 Å². The molecule has 0 radical (unpaired) electrons. The van der Waals surface area contributed by atoms with E-state index in [4.69, 9.17) is 9.47 Å². The molecular weight excluding hydrogens is 409 g/mol. The molecule has 0 unspecified atom stereocenters. The van der Waals surface area contributed by atoms with E-state index in [2.05, 4.69) is 0 Å². The van der Waals surface area contributed by atoms with Gasteiger partial charge in [0.2, 0.25) is 0 Å². The summed E-state index contributed by atoms with van der Waals surface area (Å²) in [5.41, 5.74) is 7.83. The normalized spacial score (nSPS) is 17.2. The van der Waals surface area contributed by atoms with Crippen LogP contribution >= 0.6 is 0 Å². The monoisotopic (exact) mass is 440 g/mol. The average molecular weight is 440 g/mol. The van der Waals surface area contributed by atoms with Gasteiger partial charge in [-0.1, -0.05) is 13.8 Å². The lowest BCUT2D eigenvalue weighted by atomic mass is 9.83. The van der Waals surface area contributed by atoms with E-state index >= 15 is 8.63 Å². The lowest BCUT2D eigenvalue weighted by Gasteiger charge is -2.34. The molecule has 0 spiro atoms. The predicted molar refractivity (Wildman–Crippen MR) is 126 cm³/mol. The highest BCUT2D eigenvalue weighted by atomic mass is 19.2. The molecule has 1 aromatic carbocycles. The molecule has 1 aromatic heterocycles. The molecule has 0 saturated heterocycles. The van der Waals surface area contributed by atoms with Crippen LogP contribution in [0.15, 0.2) is 35.0 Å². The maximum atomic E-state index is 16.3. The lowest BCUT2D eigenvalue weighted by molar-refractivity contribution is -0.363. The smallest absolute Gasteiger partial charge is 0.497 e. The zero-order chi connectivity index (χ0) is 23.5. The third-order valence-corrected chi connectivity index (χ3v) is 7.14. The number of nitrogens with zero attached hydrogens (tertiary/aromatic N) is 2. The van der Waals surface area contributed by atoms with Crippen molar-refractivity contribution in [3.63, 3.8) is 0 Å². The van der Waals surface area contributed by atoms with Crippen LogP contribution in [0.3, 0.4) is 0 Å². The third kappa shape index (κ3) is 2.83. The first kappa shape index (κ1) is 22.4. The highest BCUT2D eigenvalue weighted by Gasteiger charge is 2.56. The third-order valence-electron chi connectivity index (χ3n) is 7.14. The minimum Gasteiger partial charge on any atom is -0.497 e. The summed E-state index contributed by atoms with van der Waals surface area (Å²) >= 11 is 0. The highest BCUT2D eigenvalue weighted by molar-refractivity contribution is 6.58. The number of fused-ring (bicyclic) bond motifs is 2. The maximum absolute atomic E-state index is 16.3. The molecule has 32 heavy (non-hydrogen) atoms. The van der Waals surface area contributed by atoms with Gasteiger partial charge >= 0.3 is 6.97 Å². The Labute approximate surface area is 188 Å². The number of methoxy groups -OCH3 is 2. The van der Waals surface area contributed by atoms with Crippen molar-refractivity contribution < 1.29 is 22.6 Å². The van der Waals surface area contributed by atoms with Crippen LogP contribution in [0.4, 0.5) is 8.63 Å². The summed E-state index contributed by atoms with van der Waals surface area (Å²) < 4.78 is 46.2. The van der Waals surface area contributed by atoms with E-state index in [9.17, 15) is 0 Å². The number of halogens is 2. The Hall–Kier alpha value is -2.83. The molecule has 170 valence electrons. The van der Waals surface area contributed by atoms with Gasteiger partial charge in [-0.25, -0.2) is 0 Å². The SMILES string of the molecule is CCC1=C(C)C2=C(c3cc(OC)cc(OC)c3)c3c(C)c(CC)c(C)n3[B-](F)(F)[N+]2=C1C. The van der Waals surface area contributed by atoms with Crippen LogP contribution in [0.5, 0.6) is 11.5 Å². The topological polar surface area (TPSA) is 26.4 Å². The largest absolute Gasteiger partial charge is 0.737 e. The van der Waals surface area contributed by atoms with Crippen molar-refractivity contribution in [1.82, 2.24) is 4.48 Å². The molecule has 0 amide bonds. The van der Waals surface area contributed by atoms with Crippen LogP contribution in [0.25, 0.3) is 5.57 Å². The Bertz CT molecular complexity index is 1210. The molecule has 0 N–H and O–H groups in total. The second-order valence-electron chi connectivity index (χ2n) is 8.59. The Balaban J connectivity index is 2.23. The van der Waals surface area contributed by atoms with Crippen LogP contribution in [-0.4, -0.2) is 35.9 Å². The number of hydrogen-bond acceptors (Lipinski definition) is 2. The Morgan fingerprint density at radius 1 is 0.938 bits per heavy atom. The van der Waals surface area contributed by atoms with E-state index in [1.165, 1.54) is 8.96 Å². The molecule has 2 aliphatic heterocycles. The number of benzene rings is 1. The quantitative estimate of drug-likeness (QED) is 0.542. The van der Waals surface area contributed by atoms with Crippen LogP contribution in [0, 0.1) is 13.8 Å². The first-order valence-corrected chi connectivity index (χ1v) is 11.2. The van der Waals surface area contributed by atoms with E-state index in [-0.39, 0.29) is 0 Å². The van der Waals surface area contributed by atoms with Gasteiger partial charge in [0.1, 0.15) is 17.2 Å². The standard InChI is InChI=1S/C25H31BF2N2O2/c1-9-21-14(3)24-23(18-11-19(31-7)13-20(12-18)32-8)25-15(4)22(10-2)17(6)30(25)26(27,28)29(24)16(21)5/h11-13H,9-10H2,1-8H3. The van der Waals surface area contributed by atoms with Crippen molar-refractivity contribution in [3.8, 4) is 11.5 Å². The van der Waals surface area contributed by atoms with Crippen molar-refractivity contribution in [2.45, 2.75) is 54.4 Å². The number of aromatic nitrogens is 1. The van der Waals surface area contributed by atoms with Crippen molar-refractivity contribution in [2.75, 3.05) is 14.2 Å². The van der Waals surface area contributed by atoms with Gasteiger partial charge in [-0.05, 0) is 68.1 Å². The summed E-state index contributed by atoms with van der Waals surface area (Å²) in [6.07, 6.45) is 1.40. The minimum absolute atomic E-state index is 0.593. The number of allylic oxidation sites excluding steroid dienone is 2. The fraction of sp³-hybridized carbons (Fsp3) is 0.400. The molecule has 0 saturated carbocycles. The van der Waals surface area contributed by atoms with E-state index in [0.717, 1.165) is 33.4 Å². The molecule has 3 heterocycles. The van der Waals surface area contributed by atoms with Crippen molar-refractivity contribution in [2.24, 2.45) is 0 Å². The molecule has 7 heteroatoms. The number of ether oxygens (including phenoxy) is 2. The summed E-state index contributed by atoms with van der Waals surface area (Å²) in [5, 5.41) is 0. The van der Waals surface area contributed by atoms with Gasteiger partial charge in [0.05, 0.1) is 19.8 Å². The zero-order valence-electron chi connectivity index (χ0n) is 20.2. The fourth-order valence-electron chi connectivity index (χ4n) is 5.70. The number of hydrogen-bond donors (Lipinski definition) is 0. The molecule has 4 nitrogen and oxygen atoms in total. The van der Waals surface area contributed by atoms with Gasteiger partial charge in [-0.2, -0.15) is 0 Å². The molecule has 0 fully saturated rings. The maximum Gasteiger partial charge on any atom is 0.737 e. The second-order valence-corrected chi connectivity index (χ2v) is 8.59. The first-order valence-electron chi connectivity index (χ1n) is 11.2. The second kappa shape index (κ2) is 7.64. The van der Waals surface area contributed by atoms with Crippen LogP contribution < -0.4 is 9.47 Å². The van der Waals surface area contributed by atoms with Crippen LogP contribution in [0.2, 0.25) is 0 Å². The van der Waals surface area contributed by atoms with E-state index in [1.54, 1.807) is 20.3 Å². The summed E-state index contributed by atoms with van der Waals surface area (Å²) in [6, 6.07) is 5.61. The summed E-state index contributed by atoms with van der Waals surface area (Å²) in [4.78, 5) is 0. The summed E-state index contributed by atoms with van der Waals surface area (Å²) in [5.74, 6) is 1.25. The molecule has 2 aliphatic rings. The zero-order valence-corrected chi connectivity index (χ0v) is 20.2. The van der Waals surface area contributed by atoms with Gasteiger partial charge in [-0.3, -0.25) is 0 Å². The van der Waals surface area contributed by atoms with E-state index < -0.39 is 6.97 Å². The van der Waals surface area contributed by atoms with E-state index in [0.29, 0.717) is 47.1 Å². The van der Waals surface area contributed by atoms with Crippen LogP contribution in [-0.2, 0) is 6.42 Å². The summed E-state index contributed by atoms with van der Waals surface area (Å²) in [7, 11) is 3.20. The Morgan fingerprint density at radius 2 is 1.53 bits per heavy atom. The molecule has 2 aromatic rings. The molecule has 0 aliphatic carbocycles. The first-order chi connectivity index (χ1) is 15.1. The highest BCUT2D eigenvalue weighted by Crippen LogP contribution is 2.47. The van der Waals surface area contributed by atoms with Crippen molar-refractivity contribution in [3.05, 3.63) is 63.1 Å². The Morgan fingerprint density at radius 3 is 2.03 bits per heavy atom. The van der Waals surface area contributed by atoms with Gasteiger partial charge in [0.15, 0.2) is 5.70 Å². The average Bonchev–Trinajstić information content (AvgIpc) is 3.18. The van der Waals surface area contributed by atoms with Crippen LogP contribution in [0.1, 0.15) is 62.2 Å². The van der Waals surface area contributed by atoms with Crippen molar-refractivity contribution >= 4 is 18.3 Å². The van der Waals surface area contributed by atoms with Gasteiger partial charge < -0.3 is 27.1 Å². The molecular formula is C25H31BF2N2O2. The predicted octanol–water partition coefficient (Wildman–Crippen LogP) is 5.89. The molecule has 0 atom stereocenters. The van der Waals surface area contributed by atoms with Crippen molar-refractivity contribution in [1.29, 1.82) is 0 Å². The Kier molecular flexibility index (Phi) is 5.34. The molecule has 0 bridgehead atoms.